The molecule has 1 unspecified atom stereocenters. The van der Waals surface area contributed by atoms with Crippen molar-refractivity contribution in [3.05, 3.63) is 0 Å². The van der Waals surface area contributed by atoms with Crippen molar-refractivity contribution in [2.24, 2.45) is 10.4 Å². The van der Waals surface area contributed by atoms with E-state index in [1.54, 1.807) is 0 Å². The minimum absolute atomic E-state index is 0.400. The van der Waals surface area contributed by atoms with Crippen LogP contribution in [-0.2, 0) is 4.74 Å². The summed E-state index contributed by atoms with van der Waals surface area (Å²) in [5.74, 6) is 1.10. The molecule has 2 fully saturated rings. The number of hydrogen-bond donors (Lipinski definition) is 1. The monoisotopic (exact) mass is 310 g/mol. The van der Waals surface area contributed by atoms with Crippen molar-refractivity contribution in [1.82, 2.24) is 15.1 Å². The highest BCUT2D eigenvalue weighted by atomic mass is 16.5. The highest BCUT2D eigenvalue weighted by molar-refractivity contribution is 5.80. The maximum absolute atomic E-state index is 5.63. The van der Waals surface area contributed by atoms with Crippen molar-refractivity contribution in [3.8, 4) is 0 Å². The number of hydrogen-bond acceptors (Lipinski definition) is 3. The van der Waals surface area contributed by atoms with E-state index in [9.17, 15) is 0 Å². The van der Waals surface area contributed by atoms with E-state index in [2.05, 4.69) is 35.9 Å². The maximum atomic E-state index is 5.63. The number of nitrogens with one attached hydrogen (secondary N) is 1. The second-order valence-corrected chi connectivity index (χ2v) is 6.59. The van der Waals surface area contributed by atoms with Crippen LogP contribution in [0.3, 0.4) is 0 Å². The third-order valence-corrected chi connectivity index (χ3v) is 5.05. The van der Waals surface area contributed by atoms with E-state index in [0.29, 0.717) is 5.41 Å². The minimum atomic E-state index is 0.400. The summed E-state index contributed by atoms with van der Waals surface area (Å²) in [6.45, 7) is 16.0. The van der Waals surface area contributed by atoms with Gasteiger partial charge in [0.1, 0.15) is 0 Å². The third-order valence-electron chi connectivity index (χ3n) is 5.05. The summed E-state index contributed by atoms with van der Waals surface area (Å²) in [6, 6.07) is 0. The number of likely N-dealkylation sites (tertiary alicyclic amines) is 1. The standard InChI is InChI=1S/C17H34N4O/c1-4-18-16(19-10-7-11-20(5-2)6-3)21-12-8-17(14-21)9-13-22-15-17/h4-15H2,1-3H3,(H,18,19). The quantitative estimate of drug-likeness (QED) is 0.442. The van der Waals surface area contributed by atoms with E-state index in [1.807, 2.05) is 0 Å². The molecule has 0 aromatic carbocycles. The van der Waals surface area contributed by atoms with Gasteiger partial charge in [-0.2, -0.15) is 0 Å². The van der Waals surface area contributed by atoms with Gasteiger partial charge in [0.15, 0.2) is 5.96 Å². The Bertz CT molecular complexity index is 349. The molecule has 0 aromatic rings. The van der Waals surface area contributed by atoms with Crippen LogP contribution in [0.25, 0.3) is 0 Å². The zero-order valence-electron chi connectivity index (χ0n) is 14.7. The van der Waals surface area contributed by atoms with Crippen LogP contribution >= 0.6 is 0 Å². The SMILES string of the molecule is CCNC(=NCCCN(CC)CC)N1CCC2(CCOC2)C1. The molecule has 0 aliphatic carbocycles. The molecule has 0 radical (unpaired) electrons. The van der Waals surface area contributed by atoms with Gasteiger partial charge in [-0.25, -0.2) is 0 Å². The molecule has 1 N–H and O–H groups in total. The number of ether oxygens (including phenoxy) is 1. The Balaban J connectivity index is 1.82. The first-order valence-corrected chi connectivity index (χ1v) is 9.06. The van der Waals surface area contributed by atoms with E-state index in [1.165, 1.54) is 12.8 Å². The van der Waals surface area contributed by atoms with Gasteiger partial charge in [-0.1, -0.05) is 13.8 Å². The average Bonchev–Trinajstić information content (AvgIpc) is 3.17. The minimum Gasteiger partial charge on any atom is -0.381 e. The second-order valence-electron chi connectivity index (χ2n) is 6.59. The third kappa shape index (κ3) is 4.59. The number of aliphatic imine (C=N–C) groups is 1. The van der Waals surface area contributed by atoms with E-state index in [0.717, 1.165) is 71.4 Å². The van der Waals surface area contributed by atoms with Crippen molar-refractivity contribution in [2.75, 3.05) is 59.0 Å². The highest BCUT2D eigenvalue weighted by Crippen LogP contribution is 2.38. The molecule has 1 atom stereocenters. The molecule has 0 bridgehead atoms. The molecule has 0 saturated carbocycles. The molecular formula is C17H34N4O. The van der Waals surface area contributed by atoms with E-state index in [4.69, 9.17) is 9.73 Å². The Morgan fingerprint density at radius 1 is 1.27 bits per heavy atom. The van der Waals surface area contributed by atoms with Crippen molar-refractivity contribution in [2.45, 2.75) is 40.0 Å². The van der Waals surface area contributed by atoms with Crippen LogP contribution in [0.4, 0.5) is 0 Å². The molecule has 5 nitrogen and oxygen atoms in total. The number of rotatable bonds is 7. The highest BCUT2D eigenvalue weighted by Gasteiger charge is 2.42. The lowest BCUT2D eigenvalue weighted by molar-refractivity contribution is 0.156. The number of nitrogens with zero attached hydrogens (tertiary/aromatic N) is 3. The van der Waals surface area contributed by atoms with Crippen molar-refractivity contribution < 1.29 is 4.74 Å². The Morgan fingerprint density at radius 2 is 2.09 bits per heavy atom. The van der Waals surface area contributed by atoms with Crippen LogP contribution in [-0.4, -0.2) is 74.8 Å². The second kappa shape index (κ2) is 8.73. The van der Waals surface area contributed by atoms with E-state index < -0.39 is 0 Å². The molecule has 5 heteroatoms. The fourth-order valence-corrected chi connectivity index (χ4v) is 3.53. The van der Waals surface area contributed by atoms with Gasteiger partial charge >= 0.3 is 0 Å². The molecule has 2 rings (SSSR count). The molecule has 2 aliphatic rings. The summed E-state index contributed by atoms with van der Waals surface area (Å²) < 4.78 is 5.63. The molecule has 0 aromatic heterocycles. The molecular weight excluding hydrogens is 276 g/mol. The fraction of sp³-hybridized carbons (Fsp3) is 0.941. The first-order chi connectivity index (χ1) is 10.7. The number of guanidine groups is 1. The summed E-state index contributed by atoms with van der Waals surface area (Å²) in [5, 5.41) is 3.47. The Morgan fingerprint density at radius 3 is 2.73 bits per heavy atom. The van der Waals surface area contributed by atoms with Crippen molar-refractivity contribution in [1.29, 1.82) is 0 Å². The predicted octanol–water partition coefficient (Wildman–Crippen LogP) is 1.80. The van der Waals surface area contributed by atoms with Crippen LogP contribution in [0.15, 0.2) is 4.99 Å². The van der Waals surface area contributed by atoms with Crippen LogP contribution in [0, 0.1) is 5.41 Å². The lowest BCUT2D eigenvalue weighted by atomic mass is 9.87. The van der Waals surface area contributed by atoms with Gasteiger partial charge in [0, 0.05) is 38.2 Å². The predicted molar refractivity (Wildman–Crippen MR) is 92.4 cm³/mol. The average molecular weight is 310 g/mol. The molecule has 128 valence electrons. The smallest absolute Gasteiger partial charge is 0.193 e. The molecule has 2 heterocycles. The summed E-state index contributed by atoms with van der Waals surface area (Å²) in [7, 11) is 0. The summed E-state index contributed by atoms with van der Waals surface area (Å²) in [4.78, 5) is 9.76. The normalized spacial score (nSPS) is 25.6. The van der Waals surface area contributed by atoms with E-state index >= 15 is 0 Å². The lowest BCUT2D eigenvalue weighted by Gasteiger charge is -2.25. The first-order valence-electron chi connectivity index (χ1n) is 9.06. The van der Waals surface area contributed by atoms with Crippen molar-refractivity contribution in [3.63, 3.8) is 0 Å². The van der Waals surface area contributed by atoms with Gasteiger partial charge in [0.05, 0.1) is 6.61 Å². The van der Waals surface area contributed by atoms with Gasteiger partial charge in [-0.15, -0.1) is 0 Å². The van der Waals surface area contributed by atoms with Gasteiger partial charge < -0.3 is 19.9 Å². The van der Waals surface area contributed by atoms with E-state index in [-0.39, 0.29) is 0 Å². The summed E-state index contributed by atoms with van der Waals surface area (Å²) in [5.41, 5.74) is 0.400. The molecule has 2 aliphatic heterocycles. The van der Waals surface area contributed by atoms with Gasteiger partial charge in [0.2, 0.25) is 0 Å². The molecule has 1 spiro atoms. The van der Waals surface area contributed by atoms with Crippen LogP contribution in [0.1, 0.15) is 40.0 Å². The van der Waals surface area contributed by atoms with Crippen LogP contribution < -0.4 is 5.32 Å². The van der Waals surface area contributed by atoms with Gasteiger partial charge in [-0.3, -0.25) is 4.99 Å². The van der Waals surface area contributed by atoms with Gasteiger partial charge in [-0.05, 0) is 45.8 Å². The van der Waals surface area contributed by atoms with Crippen molar-refractivity contribution >= 4 is 5.96 Å². The zero-order valence-corrected chi connectivity index (χ0v) is 14.7. The van der Waals surface area contributed by atoms with Gasteiger partial charge in [0.25, 0.3) is 0 Å². The fourth-order valence-electron chi connectivity index (χ4n) is 3.53. The van der Waals surface area contributed by atoms with Crippen LogP contribution in [0.5, 0.6) is 0 Å². The zero-order chi connectivity index (χ0) is 15.8. The molecule has 2 saturated heterocycles. The Labute approximate surface area is 136 Å². The lowest BCUT2D eigenvalue weighted by Crippen LogP contribution is -2.41. The van der Waals surface area contributed by atoms with Crippen LogP contribution in [0.2, 0.25) is 0 Å². The Kier molecular flexibility index (Phi) is 6.96. The topological polar surface area (TPSA) is 40.1 Å². The first kappa shape index (κ1) is 17.5. The Hall–Kier alpha value is -0.810. The molecule has 0 amide bonds. The largest absolute Gasteiger partial charge is 0.381 e. The maximum Gasteiger partial charge on any atom is 0.193 e. The summed E-state index contributed by atoms with van der Waals surface area (Å²) >= 11 is 0. The molecule has 22 heavy (non-hydrogen) atoms. The summed E-state index contributed by atoms with van der Waals surface area (Å²) in [6.07, 6.45) is 3.60.